The van der Waals surface area contributed by atoms with E-state index in [0.717, 1.165) is 15.4 Å². The number of carbonyl (C=O) groups excluding carboxylic acids is 2. The van der Waals surface area contributed by atoms with Gasteiger partial charge in [-0.3, -0.25) is 13.9 Å². The number of hydrogen-bond acceptors (Lipinski definition) is 4. The van der Waals surface area contributed by atoms with Crippen LogP contribution in [0.5, 0.6) is 0 Å². The molecule has 1 N–H and O–H groups in total. The molecule has 2 atom stereocenters. The summed E-state index contributed by atoms with van der Waals surface area (Å²) < 4.78 is 29.6. The molecule has 4 aromatic rings. The highest BCUT2D eigenvalue weighted by molar-refractivity contribution is 7.92. The molecule has 242 valence electrons. The van der Waals surface area contributed by atoms with Crippen molar-refractivity contribution in [1.82, 2.24) is 10.2 Å². The van der Waals surface area contributed by atoms with Gasteiger partial charge in [0.2, 0.25) is 11.8 Å². The van der Waals surface area contributed by atoms with Crippen LogP contribution in [0.25, 0.3) is 0 Å². The number of anilines is 1. The lowest BCUT2D eigenvalue weighted by atomic mass is 10.0. The highest BCUT2D eigenvalue weighted by Crippen LogP contribution is 2.30. The van der Waals surface area contributed by atoms with Crippen LogP contribution >= 0.6 is 23.2 Å². The van der Waals surface area contributed by atoms with E-state index in [1.165, 1.54) is 17.0 Å². The summed E-state index contributed by atoms with van der Waals surface area (Å²) in [6, 6.07) is 26.7. The first kappa shape index (κ1) is 35.0. The third-order valence-corrected chi connectivity index (χ3v) is 10.3. The first-order valence-electron chi connectivity index (χ1n) is 15.1. The van der Waals surface area contributed by atoms with Crippen LogP contribution in [0.3, 0.4) is 0 Å². The maximum absolute atomic E-state index is 14.6. The number of amides is 2. The normalized spacial score (nSPS) is 12.7. The summed E-state index contributed by atoms with van der Waals surface area (Å²) in [7, 11) is -4.23. The predicted octanol–water partition coefficient (Wildman–Crippen LogP) is 7.36. The molecule has 4 rings (SSSR count). The Bertz CT molecular complexity index is 1770. The summed E-state index contributed by atoms with van der Waals surface area (Å²) >= 11 is 12.8. The third kappa shape index (κ3) is 8.69. The van der Waals surface area contributed by atoms with Gasteiger partial charge in [-0.2, -0.15) is 0 Å². The number of carbonyl (C=O) groups is 2. The van der Waals surface area contributed by atoms with Gasteiger partial charge >= 0.3 is 0 Å². The number of halogens is 2. The average Bonchev–Trinajstić information content (AvgIpc) is 3.03. The first-order chi connectivity index (χ1) is 21.9. The summed E-state index contributed by atoms with van der Waals surface area (Å²) in [5.41, 5.74) is 3.25. The zero-order valence-electron chi connectivity index (χ0n) is 26.4. The van der Waals surface area contributed by atoms with E-state index in [1.54, 1.807) is 61.5 Å². The number of benzene rings is 4. The number of rotatable bonds is 13. The lowest BCUT2D eigenvalue weighted by Gasteiger charge is -2.34. The Morgan fingerprint density at radius 3 is 2.15 bits per heavy atom. The molecule has 7 nitrogen and oxygen atoms in total. The summed E-state index contributed by atoms with van der Waals surface area (Å²) in [6.07, 6.45) is 0.907. The highest BCUT2D eigenvalue weighted by Gasteiger charge is 2.35. The van der Waals surface area contributed by atoms with Gasteiger partial charge in [0, 0.05) is 29.1 Å². The molecule has 0 aliphatic heterocycles. The van der Waals surface area contributed by atoms with Crippen molar-refractivity contribution in [2.24, 2.45) is 0 Å². The van der Waals surface area contributed by atoms with Crippen LogP contribution in [0, 0.1) is 13.8 Å². The van der Waals surface area contributed by atoms with Gasteiger partial charge in [-0.15, -0.1) is 0 Å². The summed E-state index contributed by atoms with van der Waals surface area (Å²) in [6.45, 7) is 6.89. The lowest BCUT2D eigenvalue weighted by molar-refractivity contribution is -0.140. The van der Waals surface area contributed by atoms with Crippen molar-refractivity contribution in [1.29, 1.82) is 0 Å². The second-order valence-corrected chi connectivity index (χ2v) is 14.1. The van der Waals surface area contributed by atoms with Crippen molar-refractivity contribution >= 4 is 50.7 Å². The smallest absolute Gasteiger partial charge is 0.264 e. The average molecular weight is 681 g/mol. The molecule has 0 aromatic heterocycles. The van der Waals surface area contributed by atoms with E-state index >= 15 is 0 Å². The molecular weight excluding hydrogens is 641 g/mol. The molecule has 0 aliphatic carbocycles. The number of hydrogen-bond donors (Lipinski definition) is 1. The van der Waals surface area contributed by atoms with Crippen LogP contribution < -0.4 is 9.62 Å². The Kier molecular flexibility index (Phi) is 11.9. The second-order valence-electron chi connectivity index (χ2n) is 11.4. The third-order valence-electron chi connectivity index (χ3n) is 7.89. The topological polar surface area (TPSA) is 86.8 Å². The molecule has 0 bridgehead atoms. The number of sulfonamides is 1. The van der Waals surface area contributed by atoms with E-state index in [9.17, 15) is 18.0 Å². The minimum Gasteiger partial charge on any atom is -0.352 e. The summed E-state index contributed by atoms with van der Waals surface area (Å²) in [4.78, 5) is 30.0. The van der Waals surface area contributed by atoms with Gasteiger partial charge in [-0.1, -0.05) is 96.4 Å². The number of aryl methyl sites for hydroxylation is 2. The SMILES string of the molecule is CC[C@@H](C)NC(=O)[C@@H](Cc1ccccc1)N(Cc1ccccc1Cl)C(=O)CN(c1ccc(Cl)cc1C)S(=O)(=O)c1ccc(C)cc1. The van der Waals surface area contributed by atoms with Crippen LogP contribution in [-0.4, -0.2) is 43.8 Å². The molecule has 4 aromatic carbocycles. The maximum atomic E-state index is 14.6. The van der Waals surface area contributed by atoms with Crippen molar-refractivity contribution < 1.29 is 18.0 Å². The molecule has 2 amide bonds. The van der Waals surface area contributed by atoms with Crippen molar-refractivity contribution in [3.63, 3.8) is 0 Å². The minimum absolute atomic E-state index is 0.0120. The predicted molar refractivity (Wildman–Crippen MR) is 186 cm³/mol. The molecule has 10 heteroatoms. The van der Waals surface area contributed by atoms with Gasteiger partial charge in [-0.25, -0.2) is 8.42 Å². The molecule has 0 aliphatic rings. The monoisotopic (exact) mass is 679 g/mol. The zero-order valence-corrected chi connectivity index (χ0v) is 28.7. The summed E-state index contributed by atoms with van der Waals surface area (Å²) in [5.74, 6) is -0.903. The Labute approximate surface area is 282 Å². The molecule has 0 saturated heterocycles. The zero-order chi connectivity index (χ0) is 33.4. The van der Waals surface area contributed by atoms with Crippen LogP contribution in [0.15, 0.2) is 102 Å². The lowest BCUT2D eigenvalue weighted by Crippen LogP contribution is -2.54. The molecule has 0 saturated carbocycles. The van der Waals surface area contributed by atoms with Crippen LogP contribution in [0.2, 0.25) is 10.0 Å². The van der Waals surface area contributed by atoms with E-state index in [0.29, 0.717) is 33.3 Å². The first-order valence-corrected chi connectivity index (χ1v) is 17.3. The molecule has 0 unspecified atom stereocenters. The van der Waals surface area contributed by atoms with Crippen LogP contribution in [0.4, 0.5) is 5.69 Å². The van der Waals surface area contributed by atoms with Crippen LogP contribution in [-0.2, 0) is 32.6 Å². The fourth-order valence-electron chi connectivity index (χ4n) is 5.05. The van der Waals surface area contributed by atoms with Crippen molar-refractivity contribution in [2.45, 2.75) is 64.1 Å². The standard InChI is InChI=1S/C36H39Cl2N3O4S/c1-5-27(4)39-36(43)34(22-28-11-7-6-8-12-28)40(23-29-13-9-10-14-32(29)38)35(42)24-41(33-20-17-30(37)21-26(33)3)46(44,45)31-18-15-25(2)16-19-31/h6-21,27,34H,5,22-24H2,1-4H3,(H,39,43)/t27-,34-/m1/s1. The van der Waals surface area contributed by atoms with Gasteiger partial charge in [0.05, 0.1) is 10.6 Å². The minimum atomic E-state index is -4.23. The Morgan fingerprint density at radius 2 is 1.52 bits per heavy atom. The molecule has 0 radical (unpaired) electrons. The Hall–Kier alpha value is -3.85. The van der Waals surface area contributed by atoms with Crippen molar-refractivity contribution in [3.8, 4) is 0 Å². The molecule has 46 heavy (non-hydrogen) atoms. The molecule has 0 fully saturated rings. The Morgan fingerprint density at radius 1 is 0.870 bits per heavy atom. The molecular formula is C36H39Cl2N3O4S. The van der Waals surface area contributed by atoms with Crippen LogP contribution in [0.1, 0.15) is 42.5 Å². The highest BCUT2D eigenvalue weighted by atomic mass is 35.5. The van der Waals surface area contributed by atoms with Gasteiger partial charge < -0.3 is 10.2 Å². The maximum Gasteiger partial charge on any atom is 0.264 e. The molecule has 0 spiro atoms. The van der Waals surface area contributed by atoms with E-state index in [-0.39, 0.29) is 29.8 Å². The Balaban J connectivity index is 1.84. The van der Waals surface area contributed by atoms with Crippen molar-refractivity contribution in [2.75, 3.05) is 10.8 Å². The second kappa shape index (κ2) is 15.6. The molecule has 0 heterocycles. The fourth-order valence-corrected chi connectivity index (χ4v) is 6.96. The van der Waals surface area contributed by atoms with Gasteiger partial charge in [0.1, 0.15) is 12.6 Å². The number of nitrogens with zero attached hydrogens (tertiary/aromatic N) is 2. The summed E-state index contributed by atoms with van der Waals surface area (Å²) in [5, 5.41) is 3.90. The van der Waals surface area contributed by atoms with E-state index < -0.39 is 28.5 Å². The van der Waals surface area contributed by atoms with Gasteiger partial charge in [0.25, 0.3) is 10.0 Å². The quantitative estimate of drug-likeness (QED) is 0.160. The number of nitrogens with one attached hydrogen (secondary N) is 1. The largest absolute Gasteiger partial charge is 0.352 e. The van der Waals surface area contributed by atoms with Gasteiger partial charge in [-0.05, 0) is 80.3 Å². The van der Waals surface area contributed by atoms with E-state index in [1.807, 2.05) is 51.1 Å². The van der Waals surface area contributed by atoms with Gasteiger partial charge in [0.15, 0.2) is 0 Å². The van der Waals surface area contributed by atoms with Crippen molar-refractivity contribution in [3.05, 3.63) is 129 Å². The fraction of sp³-hybridized carbons (Fsp3) is 0.278. The van der Waals surface area contributed by atoms with E-state index in [2.05, 4.69) is 5.32 Å². The van der Waals surface area contributed by atoms with E-state index in [4.69, 9.17) is 23.2 Å².